The zero-order valence-electron chi connectivity index (χ0n) is 10.8. The molecule has 0 radical (unpaired) electrons. The van der Waals surface area contributed by atoms with Crippen LogP contribution in [0.5, 0.6) is 0 Å². The van der Waals surface area contributed by atoms with Gasteiger partial charge >= 0.3 is 0 Å². The summed E-state index contributed by atoms with van der Waals surface area (Å²) in [4.78, 5) is 28.8. The van der Waals surface area contributed by atoms with Gasteiger partial charge in [-0.15, -0.1) is 0 Å². The van der Waals surface area contributed by atoms with Gasteiger partial charge in [0.2, 0.25) is 11.8 Å². The Kier molecular flexibility index (Phi) is 3.28. The quantitative estimate of drug-likeness (QED) is 0.716. The van der Waals surface area contributed by atoms with Crippen LogP contribution in [0.15, 0.2) is 4.99 Å². The van der Waals surface area contributed by atoms with Crippen molar-refractivity contribution in [1.82, 2.24) is 4.90 Å². The molecule has 2 rings (SSSR count). The van der Waals surface area contributed by atoms with E-state index in [4.69, 9.17) is 11.5 Å². The van der Waals surface area contributed by atoms with Gasteiger partial charge in [0.15, 0.2) is 5.96 Å². The van der Waals surface area contributed by atoms with Crippen LogP contribution in [0, 0.1) is 17.8 Å². The Hall–Kier alpha value is -1.59. The second kappa shape index (κ2) is 4.59. The topological polar surface area (TPSA) is 102 Å². The first-order valence-electron chi connectivity index (χ1n) is 6.33. The van der Waals surface area contributed by atoms with E-state index in [0.29, 0.717) is 18.9 Å². The molecule has 6 heteroatoms. The first kappa shape index (κ1) is 12.9. The maximum Gasteiger partial charge on any atom is 0.231 e. The van der Waals surface area contributed by atoms with Crippen LogP contribution >= 0.6 is 0 Å². The third kappa shape index (κ3) is 2.47. The van der Waals surface area contributed by atoms with Crippen LogP contribution in [0.4, 0.5) is 0 Å². The zero-order valence-corrected chi connectivity index (χ0v) is 10.8. The van der Waals surface area contributed by atoms with Crippen LogP contribution < -0.4 is 11.5 Å². The van der Waals surface area contributed by atoms with E-state index in [1.165, 1.54) is 4.90 Å². The number of carbonyl (C=O) groups excluding carboxylic acids is 2. The van der Waals surface area contributed by atoms with Crippen LogP contribution in [0.2, 0.25) is 0 Å². The third-order valence-corrected chi connectivity index (χ3v) is 3.73. The fourth-order valence-corrected chi connectivity index (χ4v) is 2.31. The molecule has 18 heavy (non-hydrogen) atoms. The maximum absolute atomic E-state index is 12.0. The number of hydrogen-bond acceptors (Lipinski definition) is 4. The number of rotatable bonds is 4. The van der Waals surface area contributed by atoms with E-state index < -0.39 is 0 Å². The highest BCUT2D eigenvalue weighted by molar-refractivity contribution is 5.98. The molecule has 0 spiro atoms. The van der Waals surface area contributed by atoms with Crippen LogP contribution in [0.1, 0.15) is 26.7 Å². The van der Waals surface area contributed by atoms with Gasteiger partial charge in [-0.05, 0) is 18.3 Å². The average Bonchev–Trinajstić information content (AvgIpc) is 3.02. The van der Waals surface area contributed by atoms with E-state index in [2.05, 4.69) is 4.99 Å². The summed E-state index contributed by atoms with van der Waals surface area (Å²) in [7, 11) is 0. The van der Waals surface area contributed by atoms with Gasteiger partial charge in [-0.25, -0.2) is 4.99 Å². The molecule has 0 aromatic carbocycles. The lowest BCUT2D eigenvalue weighted by Gasteiger charge is -2.30. The van der Waals surface area contributed by atoms with Crippen LogP contribution in [-0.2, 0) is 9.59 Å². The number of primary amides is 1. The van der Waals surface area contributed by atoms with Gasteiger partial charge in [0, 0.05) is 12.5 Å². The largest absolute Gasteiger partial charge is 0.369 e. The minimum Gasteiger partial charge on any atom is -0.369 e. The van der Waals surface area contributed by atoms with Gasteiger partial charge in [-0.3, -0.25) is 14.5 Å². The van der Waals surface area contributed by atoms with Crippen LogP contribution in [0.25, 0.3) is 0 Å². The normalized spacial score (nSPS) is 31.5. The SMILES string of the molecule is CC(C)C1CC(=O)N(C[C@H]2CC2C(N)=O)C(N)=N1. The molecule has 3 atom stereocenters. The summed E-state index contributed by atoms with van der Waals surface area (Å²) in [6.07, 6.45) is 1.15. The van der Waals surface area contributed by atoms with Crippen molar-refractivity contribution in [2.24, 2.45) is 34.2 Å². The monoisotopic (exact) mass is 252 g/mol. The number of amides is 2. The molecule has 1 aliphatic carbocycles. The van der Waals surface area contributed by atoms with Crippen molar-refractivity contribution in [3.63, 3.8) is 0 Å². The van der Waals surface area contributed by atoms with Crippen molar-refractivity contribution < 1.29 is 9.59 Å². The number of nitrogens with two attached hydrogens (primary N) is 2. The molecule has 0 saturated heterocycles. The second-order valence-corrected chi connectivity index (χ2v) is 5.51. The molecule has 4 N–H and O–H groups in total. The first-order valence-corrected chi connectivity index (χ1v) is 6.33. The fourth-order valence-electron chi connectivity index (χ4n) is 2.31. The average molecular weight is 252 g/mol. The smallest absolute Gasteiger partial charge is 0.231 e. The lowest BCUT2D eigenvalue weighted by molar-refractivity contribution is -0.129. The molecule has 2 amide bonds. The van der Waals surface area contributed by atoms with Gasteiger partial charge in [0.1, 0.15) is 0 Å². The molecule has 2 aliphatic rings. The predicted molar refractivity (Wildman–Crippen MR) is 67.4 cm³/mol. The third-order valence-electron chi connectivity index (χ3n) is 3.73. The maximum atomic E-state index is 12.0. The van der Waals surface area contributed by atoms with Gasteiger partial charge in [0.05, 0.1) is 12.5 Å². The van der Waals surface area contributed by atoms with E-state index in [1.54, 1.807) is 0 Å². The molecular formula is C12H20N4O2. The standard InChI is InChI=1S/C12H20N4O2/c1-6(2)9-4-10(17)16(12(14)15-9)5-7-3-8(7)11(13)18/h6-9H,3-5H2,1-2H3,(H2,13,18)(H2,14,15)/t7-,8?,9?/m1/s1. The predicted octanol–water partition coefficient (Wildman–Crippen LogP) is -0.321. The Morgan fingerprint density at radius 2 is 2.22 bits per heavy atom. The van der Waals surface area contributed by atoms with Gasteiger partial charge in [-0.1, -0.05) is 13.8 Å². The molecule has 6 nitrogen and oxygen atoms in total. The molecule has 1 saturated carbocycles. The Bertz CT molecular complexity index is 405. The highest BCUT2D eigenvalue weighted by atomic mass is 16.2. The van der Waals surface area contributed by atoms with E-state index in [9.17, 15) is 9.59 Å². The molecule has 0 aromatic rings. The van der Waals surface area contributed by atoms with Crippen LogP contribution in [0.3, 0.4) is 0 Å². The van der Waals surface area contributed by atoms with E-state index >= 15 is 0 Å². The Balaban J connectivity index is 2.00. The van der Waals surface area contributed by atoms with E-state index in [-0.39, 0.29) is 35.7 Å². The molecule has 1 fully saturated rings. The minimum absolute atomic E-state index is 0.00341. The number of carbonyl (C=O) groups is 2. The lowest BCUT2D eigenvalue weighted by atomic mass is 9.99. The van der Waals surface area contributed by atoms with Crippen molar-refractivity contribution in [1.29, 1.82) is 0 Å². The summed E-state index contributed by atoms with van der Waals surface area (Å²) in [6, 6.07) is -0.0279. The first-order chi connectivity index (χ1) is 8.40. The summed E-state index contributed by atoms with van der Waals surface area (Å²) in [5.41, 5.74) is 11.1. The molecule has 2 unspecified atom stereocenters. The summed E-state index contributed by atoms with van der Waals surface area (Å²) in [6.45, 7) is 4.51. The number of aliphatic imine (C=N–C) groups is 1. The van der Waals surface area contributed by atoms with Gasteiger partial charge in [-0.2, -0.15) is 0 Å². The zero-order chi connectivity index (χ0) is 13.4. The highest BCUT2D eigenvalue weighted by Crippen LogP contribution is 2.39. The summed E-state index contributed by atoms with van der Waals surface area (Å²) in [5, 5.41) is 0. The molecule has 1 heterocycles. The minimum atomic E-state index is -0.292. The Morgan fingerprint density at radius 1 is 1.56 bits per heavy atom. The van der Waals surface area contributed by atoms with Crippen molar-refractivity contribution in [3.8, 4) is 0 Å². The second-order valence-electron chi connectivity index (χ2n) is 5.51. The molecule has 1 aliphatic heterocycles. The Morgan fingerprint density at radius 3 is 2.67 bits per heavy atom. The fraction of sp³-hybridized carbons (Fsp3) is 0.750. The Labute approximate surface area is 106 Å². The van der Waals surface area contributed by atoms with Crippen molar-refractivity contribution in [2.45, 2.75) is 32.7 Å². The van der Waals surface area contributed by atoms with Gasteiger partial charge < -0.3 is 11.5 Å². The van der Waals surface area contributed by atoms with E-state index in [1.807, 2.05) is 13.8 Å². The summed E-state index contributed by atoms with van der Waals surface area (Å²) < 4.78 is 0. The molecule has 0 bridgehead atoms. The summed E-state index contributed by atoms with van der Waals surface area (Å²) >= 11 is 0. The van der Waals surface area contributed by atoms with E-state index in [0.717, 1.165) is 6.42 Å². The molecular weight excluding hydrogens is 232 g/mol. The van der Waals surface area contributed by atoms with Crippen molar-refractivity contribution in [3.05, 3.63) is 0 Å². The van der Waals surface area contributed by atoms with Crippen molar-refractivity contribution >= 4 is 17.8 Å². The summed E-state index contributed by atoms with van der Waals surface area (Å²) in [5.74, 6) is 0.328. The number of hydrogen-bond donors (Lipinski definition) is 2. The van der Waals surface area contributed by atoms with Gasteiger partial charge in [0.25, 0.3) is 0 Å². The number of nitrogens with zero attached hydrogens (tertiary/aromatic N) is 2. The molecule has 100 valence electrons. The van der Waals surface area contributed by atoms with Crippen LogP contribution in [-0.4, -0.2) is 35.3 Å². The lowest BCUT2D eigenvalue weighted by Crippen LogP contribution is -2.49. The van der Waals surface area contributed by atoms with Crippen molar-refractivity contribution in [2.75, 3.05) is 6.54 Å². The number of guanidine groups is 1. The highest BCUT2D eigenvalue weighted by Gasteiger charge is 2.44. The molecule has 0 aromatic heterocycles.